The van der Waals surface area contributed by atoms with E-state index in [1.165, 1.54) is 30.3 Å². The third kappa shape index (κ3) is 4.81. The average molecular weight is 481 g/mol. The van der Waals surface area contributed by atoms with Gasteiger partial charge in [-0.1, -0.05) is 35.7 Å². The van der Waals surface area contributed by atoms with E-state index in [0.717, 1.165) is 16.8 Å². The van der Waals surface area contributed by atoms with E-state index in [1.807, 2.05) is 60.2 Å². The number of benzene rings is 2. The zero-order chi connectivity index (χ0) is 23.5. The summed E-state index contributed by atoms with van der Waals surface area (Å²) in [5.74, 6) is -1.48. The van der Waals surface area contributed by atoms with Crippen LogP contribution in [0, 0.1) is 6.92 Å². The molecule has 0 aliphatic rings. The van der Waals surface area contributed by atoms with Crippen molar-refractivity contribution in [2.75, 3.05) is 16.3 Å². The first-order valence-electron chi connectivity index (χ1n) is 10.1. The molecule has 0 saturated carbocycles. The number of hydrogen-bond donors (Lipinski definition) is 3. The fraction of sp³-hybridized carbons (Fsp3) is 0.125. The summed E-state index contributed by atoms with van der Waals surface area (Å²) in [4.78, 5) is 40.1. The van der Waals surface area contributed by atoms with Gasteiger partial charge >= 0.3 is 0 Å². The summed E-state index contributed by atoms with van der Waals surface area (Å²) in [7, 11) is 0. The highest BCUT2D eigenvalue weighted by Gasteiger charge is 2.25. The van der Waals surface area contributed by atoms with E-state index in [-0.39, 0.29) is 11.2 Å². The van der Waals surface area contributed by atoms with Crippen molar-refractivity contribution in [1.82, 2.24) is 9.55 Å². The minimum Gasteiger partial charge on any atom is -0.340 e. The summed E-state index contributed by atoms with van der Waals surface area (Å²) in [5.41, 5.74) is 3.55. The maximum atomic E-state index is 13.3. The molecule has 0 spiro atoms. The Kier molecular flexibility index (Phi) is 6.57. The fourth-order valence-corrected chi connectivity index (χ4v) is 4.24. The van der Waals surface area contributed by atoms with E-state index in [2.05, 4.69) is 15.0 Å². The van der Waals surface area contributed by atoms with Crippen LogP contribution >= 0.6 is 23.5 Å². The highest BCUT2D eigenvalue weighted by atomic mass is 35.5. The number of amides is 1. The Labute approximate surface area is 199 Å². The number of pyridine rings is 1. The zero-order valence-corrected chi connectivity index (χ0v) is 19.5. The number of carbonyl (C=O) groups is 2. The molecule has 0 saturated heterocycles. The molecule has 4 rings (SSSR count). The number of Topliss-reactive ketones (excluding diaryl/α,β-unsaturated/α-hetero) is 1. The molecule has 0 unspecified atom stereocenters. The molecule has 2 aromatic heterocycles. The van der Waals surface area contributed by atoms with Gasteiger partial charge in [-0.15, -0.1) is 0 Å². The molecule has 0 aliphatic heterocycles. The number of nitrogens with zero attached hydrogens (tertiary/aromatic N) is 1. The first kappa shape index (κ1) is 22.7. The smallest absolute Gasteiger partial charge is 0.296 e. The summed E-state index contributed by atoms with van der Waals surface area (Å²) in [6.45, 7) is 2.34. The van der Waals surface area contributed by atoms with Crippen LogP contribution in [0.4, 0.5) is 11.4 Å². The molecule has 9 heteroatoms. The summed E-state index contributed by atoms with van der Waals surface area (Å²) >= 11 is 7.45. The predicted octanol–water partition coefficient (Wildman–Crippen LogP) is 4.85. The van der Waals surface area contributed by atoms with Crippen LogP contribution in [-0.4, -0.2) is 27.5 Å². The lowest BCUT2D eigenvalue weighted by Gasteiger charge is -2.10. The van der Waals surface area contributed by atoms with Crippen LogP contribution in [0.1, 0.15) is 21.6 Å². The number of carbonyl (C=O) groups excluding carboxylic acids is 2. The van der Waals surface area contributed by atoms with E-state index in [0.29, 0.717) is 28.2 Å². The molecule has 0 aliphatic carbocycles. The van der Waals surface area contributed by atoms with Crippen molar-refractivity contribution in [3.63, 3.8) is 0 Å². The highest BCUT2D eigenvalue weighted by Crippen LogP contribution is 2.31. The molecular weight excluding hydrogens is 460 g/mol. The van der Waals surface area contributed by atoms with Gasteiger partial charge in [-0.05, 0) is 48.9 Å². The first-order valence-corrected chi connectivity index (χ1v) is 11.7. The van der Waals surface area contributed by atoms with E-state index >= 15 is 0 Å². The van der Waals surface area contributed by atoms with Gasteiger partial charge in [0.2, 0.25) is 5.56 Å². The number of nitrogens with one attached hydrogen (secondary N) is 3. The number of halogens is 1. The summed E-state index contributed by atoms with van der Waals surface area (Å²) in [5, 5.41) is 3.84. The quantitative estimate of drug-likeness (QED) is 0.199. The second-order valence-electron chi connectivity index (χ2n) is 7.44. The van der Waals surface area contributed by atoms with Crippen molar-refractivity contribution < 1.29 is 9.59 Å². The maximum Gasteiger partial charge on any atom is 0.296 e. The average Bonchev–Trinajstić information content (AvgIpc) is 3.05. The van der Waals surface area contributed by atoms with Crippen LogP contribution < -0.4 is 15.6 Å². The number of fused-ring (bicyclic) bond motifs is 1. The molecule has 7 nitrogen and oxygen atoms in total. The van der Waals surface area contributed by atoms with Crippen molar-refractivity contribution in [3.8, 4) is 0 Å². The van der Waals surface area contributed by atoms with E-state index < -0.39 is 11.7 Å². The van der Waals surface area contributed by atoms with Gasteiger partial charge in [0.15, 0.2) is 0 Å². The topological polar surface area (TPSA) is 96.0 Å². The van der Waals surface area contributed by atoms with Crippen LogP contribution in [0.5, 0.6) is 0 Å². The molecular formula is C24H21ClN4O3S. The number of ketones is 1. The molecule has 0 bridgehead atoms. The molecule has 4 aromatic rings. The van der Waals surface area contributed by atoms with Crippen molar-refractivity contribution in [3.05, 3.63) is 93.0 Å². The Morgan fingerprint density at radius 3 is 2.52 bits per heavy atom. The number of rotatable bonds is 7. The van der Waals surface area contributed by atoms with E-state index in [4.69, 9.17) is 11.6 Å². The maximum absolute atomic E-state index is 13.3. The SMILES string of the molecule is CSNc1ccc2c(c1)c(C(=O)C(=O)Nc1cc[nH]c(=O)c1)c(C)n2Cc1ccc(Cl)cc1. The standard InChI is InChI=1S/C24H21ClN4O3S/c1-14-22(23(31)24(32)27-17-9-10-26-21(30)12-17)19-11-18(28-33-2)7-8-20(19)29(14)13-15-3-5-16(25)6-4-15/h3-12,28H,13H2,1-2H3,(H2,26,27,30,32). The van der Waals surface area contributed by atoms with Gasteiger partial charge in [0.05, 0.1) is 5.56 Å². The molecule has 2 aromatic carbocycles. The highest BCUT2D eigenvalue weighted by molar-refractivity contribution is 7.99. The molecule has 2 heterocycles. The lowest BCUT2D eigenvalue weighted by Crippen LogP contribution is -2.24. The minimum absolute atomic E-state index is 0.254. The van der Waals surface area contributed by atoms with E-state index in [1.54, 1.807) is 0 Å². The van der Waals surface area contributed by atoms with Crippen molar-refractivity contribution in [2.24, 2.45) is 0 Å². The van der Waals surface area contributed by atoms with Gasteiger partial charge in [0, 0.05) is 58.1 Å². The van der Waals surface area contributed by atoms with Crippen molar-refractivity contribution >= 4 is 57.5 Å². The predicted molar refractivity (Wildman–Crippen MR) is 134 cm³/mol. The molecule has 0 radical (unpaired) electrons. The number of hydrogen-bond acceptors (Lipinski definition) is 5. The zero-order valence-electron chi connectivity index (χ0n) is 17.9. The van der Waals surface area contributed by atoms with Crippen LogP contribution in [-0.2, 0) is 11.3 Å². The fourth-order valence-electron chi connectivity index (χ4n) is 3.75. The molecule has 168 valence electrons. The van der Waals surface area contributed by atoms with Gasteiger partial charge in [0.1, 0.15) is 0 Å². The van der Waals surface area contributed by atoms with Crippen LogP contribution in [0.15, 0.2) is 65.6 Å². The van der Waals surface area contributed by atoms with Gasteiger partial charge in [-0.3, -0.25) is 14.4 Å². The minimum atomic E-state index is -0.808. The van der Waals surface area contributed by atoms with Crippen LogP contribution in [0.3, 0.4) is 0 Å². The number of aromatic nitrogens is 2. The third-order valence-corrected chi connectivity index (χ3v) is 5.96. The molecule has 1 amide bonds. The second kappa shape index (κ2) is 9.56. The number of anilines is 2. The Morgan fingerprint density at radius 2 is 1.82 bits per heavy atom. The normalized spacial score (nSPS) is 10.9. The largest absolute Gasteiger partial charge is 0.340 e. The second-order valence-corrected chi connectivity index (χ2v) is 8.48. The molecule has 3 N–H and O–H groups in total. The summed E-state index contributed by atoms with van der Waals surface area (Å²) in [6, 6.07) is 16.0. The van der Waals surface area contributed by atoms with E-state index in [9.17, 15) is 14.4 Å². The van der Waals surface area contributed by atoms with Crippen molar-refractivity contribution in [1.29, 1.82) is 0 Å². The lowest BCUT2D eigenvalue weighted by atomic mass is 10.1. The van der Waals surface area contributed by atoms with Crippen LogP contribution in [0.2, 0.25) is 5.02 Å². The Hall–Kier alpha value is -3.49. The summed E-state index contributed by atoms with van der Waals surface area (Å²) < 4.78 is 5.18. The Balaban J connectivity index is 1.78. The van der Waals surface area contributed by atoms with Crippen molar-refractivity contribution in [2.45, 2.75) is 13.5 Å². The Morgan fingerprint density at radius 1 is 1.06 bits per heavy atom. The van der Waals surface area contributed by atoms with Crippen LogP contribution in [0.25, 0.3) is 10.9 Å². The van der Waals surface area contributed by atoms with Gasteiger partial charge in [-0.25, -0.2) is 0 Å². The lowest BCUT2D eigenvalue weighted by molar-refractivity contribution is -0.112. The number of aromatic amines is 1. The Bertz CT molecular complexity index is 1410. The molecule has 0 atom stereocenters. The van der Waals surface area contributed by atoms with Gasteiger partial charge < -0.3 is 19.6 Å². The first-order chi connectivity index (χ1) is 15.9. The molecule has 0 fully saturated rings. The van der Waals surface area contributed by atoms with Gasteiger partial charge in [0.25, 0.3) is 11.7 Å². The molecule has 33 heavy (non-hydrogen) atoms. The summed E-state index contributed by atoms with van der Waals surface area (Å²) in [6.07, 6.45) is 3.31. The number of H-pyrrole nitrogens is 1. The van der Waals surface area contributed by atoms with Gasteiger partial charge in [-0.2, -0.15) is 0 Å². The third-order valence-electron chi connectivity index (χ3n) is 5.26. The monoisotopic (exact) mass is 480 g/mol.